The topological polar surface area (TPSA) is 32.3 Å². The lowest BCUT2D eigenvalue weighted by Crippen LogP contribution is -2.35. The lowest BCUT2D eigenvalue weighted by molar-refractivity contribution is 0.117. The minimum atomic E-state index is -0.0657. The van der Waals surface area contributed by atoms with Crippen LogP contribution in [0, 0.1) is 0 Å². The van der Waals surface area contributed by atoms with Crippen molar-refractivity contribution >= 4 is 6.08 Å². The molecule has 0 radical (unpaired) electrons. The molecule has 0 unspecified atom stereocenters. The predicted molar refractivity (Wildman–Crippen MR) is 76.4 cm³/mol. The Bertz CT molecular complexity index is 377. The Morgan fingerprint density at radius 1 is 1.22 bits per heavy atom. The van der Waals surface area contributed by atoms with Crippen molar-refractivity contribution in [2.75, 3.05) is 6.54 Å². The first kappa shape index (κ1) is 13.3. The fourth-order valence-electron chi connectivity index (χ4n) is 2.47. The summed E-state index contributed by atoms with van der Waals surface area (Å²) in [6, 6.07) is 11.0. The number of benzene rings is 1. The van der Waals surface area contributed by atoms with Crippen LogP contribution in [0.2, 0.25) is 0 Å². The average Bonchev–Trinajstić information content (AvgIpc) is 2.39. The molecule has 0 spiro atoms. The highest BCUT2D eigenvalue weighted by Gasteiger charge is 2.18. The molecule has 1 saturated carbocycles. The third kappa shape index (κ3) is 4.28. The molecule has 0 atom stereocenters. The fraction of sp³-hybridized carbons (Fsp3) is 0.500. The van der Waals surface area contributed by atoms with Crippen LogP contribution >= 0.6 is 0 Å². The zero-order valence-electron chi connectivity index (χ0n) is 11.1. The normalized spacial score (nSPS) is 25.1. The molecule has 1 aliphatic carbocycles. The van der Waals surface area contributed by atoms with Gasteiger partial charge in [-0.25, -0.2) is 0 Å². The molecule has 98 valence electrons. The largest absolute Gasteiger partial charge is 0.393 e. The number of hydrogen-bond acceptors (Lipinski definition) is 2. The molecule has 0 aliphatic heterocycles. The molecular weight excluding hydrogens is 222 g/mol. The third-order valence-corrected chi connectivity index (χ3v) is 3.58. The summed E-state index contributed by atoms with van der Waals surface area (Å²) in [4.78, 5) is 0. The summed E-state index contributed by atoms with van der Waals surface area (Å²) in [7, 11) is 0. The van der Waals surface area contributed by atoms with Gasteiger partial charge in [-0.15, -0.1) is 0 Å². The average molecular weight is 245 g/mol. The van der Waals surface area contributed by atoms with Gasteiger partial charge >= 0.3 is 0 Å². The first-order valence-corrected chi connectivity index (χ1v) is 6.88. The lowest BCUT2D eigenvalue weighted by Gasteiger charge is -2.26. The fourth-order valence-corrected chi connectivity index (χ4v) is 2.47. The lowest BCUT2D eigenvalue weighted by atomic mass is 9.93. The van der Waals surface area contributed by atoms with Gasteiger partial charge in [0.2, 0.25) is 0 Å². The van der Waals surface area contributed by atoms with E-state index in [1.165, 1.54) is 11.1 Å². The van der Waals surface area contributed by atoms with Gasteiger partial charge in [0.25, 0.3) is 0 Å². The summed E-state index contributed by atoms with van der Waals surface area (Å²) >= 11 is 0. The van der Waals surface area contributed by atoms with E-state index in [4.69, 9.17) is 0 Å². The molecule has 2 heteroatoms. The van der Waals surface area contributed by atoms with Crippen LogP contribution in [0.4, 0.5) is 0 Å². The first-order chi connectivity index (χ1) is 8.74. The van der Waals surface area contributed by atoms with Crippen molar-refractivity contribution in [2.24, 2.45) is 0 Å². The maximum absolute atomic E-state index is 9.46. The minimum absolute atomic E-state index is 0.0657. The molecule has 0 saturated heterocycles. The van der Waals surface area contributed by atoms with Crippen molar-refractivity contribution < 1.29 is 5.11 Å². The van der Waals surface area contributed by atoms with Gasteiger partial charge in [0.15, 0.2) is 0 Å². The number of nitrogens with one attached hydrogen (secondary N) is 1. The SMILES string of the molecule is C/C(=C/c1ccccc1)CNC1CCC(O)CC1. The van der Waals surface area contributed by atoms with Crippen LogP contribution in [0.25, 0.3) is 6.08 Å². The van der Waals surface area contributed by atoms with Crippen molar-refractivity contribution in [1.29, 1.82) is 0 Å². The zero-order valence-corrected chi connectivity index (χ0v) is 11.1. The molecule has 1 aromatic carbocycles. The maximum atomic E-state index is 9.46. The molecule has 1 aromatic rings. The first-order valence-electron chi connectivity index (χ1n) is 6.88. The van der Waals surface area contributed by atoms with Gasteiger partial charge in [-0.1, -0.05) is 42.0 Å². The van der Waals surface area contributed by atoms with Gasteiger partial charge in [0.05, 0.1) is 6.10 Å². The molecular formula is C16H23NO. The van der Waals surface area contributed by atoms with Crippen LogP contribution in [0.1, 0.15) is 38.2 Å². The number of aliphatic hydroxyl groups excluding tert-OH is 1. The van der Waals surface area contributed by atoms with E-state index in [0.717, 1.165) is 32.2 Å². The minimum Gasteiger partial charge on any atom is -0.393 e. The van der Waals surface area contributed by atoms with E-state index >= 15 is 0 Å². The Labute approximate surface area is 110 Å². The van der Waals surface area contributed by atoms with E-state index in [1.807, 2.05) is 6.07 Å². The Morgan fingerprint density at radius 2 is 1.89 bits per heavy atom. The molecule has 0 heterocycles. The highest BCUT2D eigenvalue weighted by atomic mass is 16.3. The molecule has 0 amide bonds. The van der Waals surface area contributed by atoms with Crippen LogP contribution in [0.15, 0.2) is 35.9 Å². The Morgan fingerprint density at radius 3 is 2.56 bits per heavy atom. The van der Waals surface area contributed by atoms with E-state index in [2.05, 4.69) is 42.6 Å². The van der Waals surface area contributed by atoms with Crippen LogP contribution in [0.3, 0.4) is 0 Å². The van der Waals surface area contributed by atoms with E-state index in [9.17, 15) is 5.11 Å². The highest BCUT2D eigenvalue weighted by molar-refractivity contribution is 5.52. The molecule has 1 fully saturated rings. The summed E-state index contributed by atoms with van der Waals surface area (Å²) in [5.41, 5.74) is 2.61. The predicted octanol–water partition coefficient (Wildman–Crippen LogP) is 2.98. The van der Waals surface area contributed by atoms with Gasteiger partial charge in [-0.2, -0.15) is 0 Å². The Hall–Kier alpha value is -1.12. The van der Waals surface area contributed by atoms with Crippen molar-refractivity contribution in [3.05, 3.63) is 41.5 Å². The molecule has 2 rings (SSSR count). The number of aliphatic hydroxyl groups is 1. The third-order valence-electron chi connectivity index (χ3n) is 3.58. The standard InChI is InChI=1S/C16H23NO/c1-13(11-14-5-3-2-4-6-14)12-17-15-7-9-16(18)10-8-15/h2-6,11,15-18H,7-10,12H2,1H3/b13-11-. The number of rotatable bonds is 4. The summed E-state index contributed by atoms with van der Waals surface area (Å²) < 4.78 is 0. The second kappa shape index (κ2) is 6.72. The Kier molecular flexibility index (Phi) is 4.97. The summed E-state index contributed by atoms with van der Waals surface area (Å²) in [5.74, 6) is 0. The summed E-state index contributed by atoms with van der Waals surface area (Å²) in [6.45, 7) is 3.10. The van der Waals surface area contributed by atoms with Crippen molar-refractivity contribution in [1.82, 2.24) is 5.32 Å². The molecule has 1 aliphatic rings. The Balaban J connectivity index is 1.78. The summed E-state index contributed by atoms with van der Waals surface area (Å²) in [6.07, 6.45) is 6.24. The van der Waals surface area contributed by atoms with Crippen LogP contribution in [0.5, 0.6) is 0 Å². The smallest absolute Gasteiger partial charge is 0.0541 e. The maximum Gasteiger partial charge on any atom is 0.0541 e. The second-order valence-corrected chi connectivity index (χ2v) is 5.29. The van der Waals surface area contributed by atoms with E-state index < -0.39 is 0 Å². The van der Waals surface area contributed by atoms with Crippen molar-refractivity contribution in [3.63, 3.8) is 0 Å². The van der Waals surface area contributed by atoms with Crippen molar-refractivity contribution in [2.45, 2.75) is 44.8 Å². The van der Waals surface area contributed by atoms with Gasteiger partial charge in [0.1, 0.15) is 0 Å². The van der Waals surface area contributed by atoms with Gasteiger partial charge in [-0.3, -0.25) is 0 Å². The zero-order chi connectivity index (χ0) is 12.8. The van der Waals surface area contributed by atoms with Crippen LogP contribution < -0.4 is 5.32 Å². The molecule has 18 heavy (non-hydrogen) atoms. The van der Waals surface area contributed by atoms with E-state index in [1.54, 1.807) is 0 Å². The molecule has 0 bridgehead atoms. The van der Waals surface area contributed by atoms with Crippen molar-refractivity contribution in [3.8, 4) is 0 Å². The molecule has 0 aromatic heterocycles. The molecule has 2 nitrogen and oxygen atoms in total. The van der Waals surface area contributed by atoms with Gasteiger partial charge in [0, 0.05) is 12.6 Å². The second-order valence-electron chi connectivity index (χ2n) is 5.29. The van der Waals surface area contributed by atoms with Crippen LogP contribution in [-0.2, 0) is 0 Å². The van der Waals surface area contributed by atoms with Crippen LogP contribution in [-0.4, -0.2) is 23.8 Å². The monoisotopic (exact) mass is 245 g/mol. The highest BCUT2D eigenvalue weighted by Crippen LogP contribution is 2.18. The number of hydrogen-bond donors (Lipinski definition) is 2. The van der Waals surface area contributed by atoms with Gasteiger partial charge < -0.3 is 10.4 Å². The van der Waals surface area contributed by atoms with Gasteiger partial charge in [-0.05, 0) is 38.2 Å². The van der Waals surface area contributed by atoms with E-state index in [-0.39, 0.29) is 6.10 Å². The molecule has 2 N–H and O–H groups in total. The summed E-state index contributed by atoms with van der Waals surface area (Å²) in [5, 5.41) is 13.0. The van der Waals surface area contributed by atoms with E-state index in [0.29, 0.717) is 6.04 Å². The quantitative estimate of drug-likeness (QED) is 0.854.